The number of amides is 1. The molecule has 0 fully saturated rings. The highest BCUT2D eigenvalue weighted by Gasteiger charge is 2.08. The van der Waals surface area contributed by atoms with E-state index in [9.17, 15) is 9.59 Å². The monoisotopic (exact) mass is 375 g/mol. The molecule has 2 heterocycles. The first-order valence-electron chi connectivity index (χ1n) is 7.59. The largest absolute Gasteiger partial charge is 0.326 e. The van der Waals surface area contributed by atoms with Crippen molar-refractivity contribution in [2.24, 2.45) is 7.05 Å². The predicted octanol–water partition coefficient (Wildman–Crippen LogP) is 2.53. The minimum absolute atomic E-state index is 0.0320. The molecular weight excluding hydrogens is 358 g/mol. The van der Waals surface area contributed by atoms with E-state index >= 15 is 0 Å². The normalized spacial score (nSPS) is 10.8. The Morgan fingerprint density at radius 1 is 1.32 bits per heavy atom. The lowest BCUT2D eigenvalue weighted by Gasteiger charge is -2.07. The number of hydrogen-bond donors (Lipinski definition) is 1. The van der Waals surface area contributed by atoms with Crippen LogP contribution in [0.1, 0.15) is 12.1 Å². The summed E-state index contributed by atoms with van der Waals surface area (Å²) in [4.78, 5) is 24.7. The van der Waals surface area contributed by atoms with Gasteiger partial charge in [0.2, 0.25) is 5.91 Å². The lowest BCUT2D eigenvalue weighted by atomic mass is 10.3. The summed E-state index contributed by atoms with van der Waals surface area (Å²) in [5.74, 6) is -0.119. The summed E-state index contributed by atoms with van der Waals surface area (Å²) >= 11 is 2.65. The number of rotatable bonds is 6. The molecule has 0 unspecified atom stereocenters. The first-order valence-corrected chi connectivity index (χ1v) is 9.29. The van der Waals surface area contributed by atoms with Crippen LogP contribution in [0, 0.1) is 6.92 Å². The zero-order valence-electron chi connectivity index (χ0n) is 13.8. The summed E-state index contributed by atoms with van der Waals surface area (Å²) in [5.41, 5.74) is 1.61. The molecule has 1 N–H and O–H groups in total. The molecule has 0 bridgehead atoms. The maximum absolute atomic E-state index is 12.1. The average Bonchev–Trinajstić information content (AvgIpc) is 3.13. The van der Waals surface area contributed by atoms with Crippen molar-refractivity contribution < 1.29 is 4.79 Å². The number of benzene rings is 1. The van der Waals surface area contributed by atoms with Gasteiger partial charge in [0, 0.05) is 41.7 Å². The van der Waals surface area contributed by atoms with Gasteiger partial charge in [0.15, 0.2) is 5.16 Å². The topological polar surface area (TPSA) is 81.8 Å². The maximum Gasteiger partial charge on any atom is 0.307 e. The molecule has 1 aromatic carbocycles. The number of carbonyl (C=O) groups excluding carboxylic acids is 1. The van der Waals surface area contributed by atoms with E-state index in [1.54, 1.807) is 16.3 Å². The van der Waals surface area contributed by atoms with E-state index < -0.39 is 0 Å². The van der Waals surface area contributed by atoms with Crippen LogP contribution in [0.3, 0.4) is 0 Å². The molecule has 9 heteroatoms. The van der Waals surface area contributed by atoms with E-state index in [0.717, 1.165) is 32.8 Å². The third-order valence-electron chi connectivity index (χ3n) is 3.56. The first kappa shape index (κ1) is 17.4. The maximum atomic E-state index is 12.1. The molecule has 3 rings (SSSR count). The minimum Gasteiger partial charge on any atom is -0.326 e. The zero-order valence-corrected chi connectivity index (χ0v) is 15.4. The Morgan fingerprint density at radius 2 is 2.08 bits per heavy atom. The number of anilines is 1. The van der Waals surface area contributed by atoms with Gasteiger partial charge < -0.3 is 14.5 Å². The molecular formula is C16H17N5O2S2. The highest BCUT2D eigenvalue weighted by Crippen LogP contribution is 2.26. The molecule has 25 heavy (non-hydrogen) atoms. The number of aryl methyl sites for hydroxylation is 2. The van der Waals surface area contributed by atoms with E-state index in [4.69, 9.17) is 0 Å². The van der Waals surface area contributed by atoms with Crippen molar-refractivity contribution in [1.82, 2.24) is 19.3 Å². The molecule has 0 radical (unpaired) electrons. The summed E-state index contributed by atoms with van der Waals surface area (Å²) in [6.45, 7) is 2.25. The Kier molecular flexibility index (Phi) is 5.34. The summed E-state index contributed by atoms with van der Waals surface area (Å²) in [7, 11) is 1.89. The van der Waals surface area contributed by atoms with Gasteiger partial charge >= 0.3 is 4.87 Å². The number of hydrogen-bond acceptors (Lipinski definition) is 6. The first-order chi connectivity index (χ1) is 12.0. The second-order valence-electron chi connectivity index (χ2n) is 5.44. The van der Waals surface area contributed by atoms with Crippen LogP contribution in [0.25, 0.3) is 0 Å². The molecule has 0 atom stereocenters. The predicted molar refractivity (Wildman–Crippen MR) is 98.1 cm³/mol. The van der Waals surface area contributed by atoms with Gasteiger partial charge in [-0.2, -0.15) is 0 Å². The third-order valence-corrected chi connectivity index (χ3v) is 5.50. The number of carbonyl (C=O) groups is 1. The van der Waals surface area contributed by atoms with Gasteiger partial charge in [-0.05, 0) is 43.0 Å². The summed E-state index contributed by atoms with van der Waals surface area (Å²) in [6.07, 6.45) is 1.91. The fourth-order valence-electron chi connectivity index (χ4n) is 2.19. The molecule has 2 aromatic heterocycles. The molecule has 0 saturated carbocycles. The molecule has 0 aliphatic carbocycles. The van der Waals surface area contributed by atoms with Gasteiger partial charge in [0.1, 0.15) is 6.33 Å². The van der Waals surface area contributed by atoms with E-state index in [-0.39, 0.29) is 17.2 Å². The number of thiazole rings is 1. The van der Waals surface area contributed by atoms with Crippen LogP contribution in [0.4, 0.5) is 5.69 Å². The number of aromatic nitrogens is 4. The lowest BCUT2D eigenvalue weighted by molar-refractivity contribution is -0.116. The van der Waals surface area contributed by atoms with Crippen LogP contribution < -0.4 is 10.2 Å². The van der Waals surface area contributed by atoms with E-state index in [1.807, 2.05) is 42.8 Å². The Balaban J connectivity index is 1.55. The highest BCUT2D eigenvalue weighted by atomic mass is 32.2. The fraction of sp³-hybridized carbons (Fsp3) is 0.250. The van der Waals surface area contributed by atoms with Gasteiger partial charge in [0.25, 0.3) is 0 Å². The smallest absolute Gasteiger partial charge is 0.307 e. The SMILES string of the molecule is Cc1csc(=O)n1CCC(=O)Nc1ccc(Sc2nncn2C)cc1. The van der Waals surface area contributed by atoms with Crippen LogP contribution in [0.15, 0.2) is 50.8 Å². The third kappa shape index (κ3) is 4.37. The summed E-state index contributed by atoms with van der Waals surface area (Å²) in [5, 5.41) is 13.3. The van der Waals surface area contributed by atoms with Crippen molar-refractivity contribution in [2.75, 3.05) is 5.32 Å². The Bertz CT molecular complexity index is 927. The summed E-state index contributed by atoms with van der Waals surface area (Å²) in [6, 6.07) is 7.53. The number of nitrogens with one attached hydrogen (secondary N) is 1. The van der Waals surface area contributed by atoms with Crippen LogP contribution in [-0.2, 0) is 18.4 Å². The Labute approximate surface area is 152 Å². The van der Waals surface area contributed by atoms with Crippen molar-refractivity contribution >= 4 is 34.7 Å². The molecule has 1 amide bonds. The summed E-state index contributed by atoms with van der Waals surface area (Å²) < 4.78 is 3.46. The standard InChI is InChI=1S/C16H17N5O2S2/c1-11-9-24-16(23)21(11)8-7-14(22)18-12-3-5-13(6-4-12)25-15-19-17-10-20(15)2/h3-6,9-10H,7-8H2,1-2H3,(H,18,22). The van der Waals surface area contributed by atoms with Crippen molar-refractivity contribution in [2.45, 2.75) is 29.9 Å². The van der Waals surface area contributed by atoms with Gasteiger partial charge in [-0.25, -0.2) is 0 Å². The van der Waals surface area contributed by atoms with E-state index in [1.165, 1.54) is 11.8 Å². The van der Waals surface area contributed by atoms with Crippen LogP contribution in [-0.4, -0.2) is 25.2 Å². The molecule has 0 aliphatic heterocycles. The zero-order chi connectivity index (χ0) is 17.8. The molecule has 130 valence electrons. The van der Waals surface area contributed by atoms with Crippen molar-refractivity contribution in [3.05, 3.63) is 51.3 Å². The van der Waals surface area contributed by atoms with Crippen molar-refractivity contribution in [3.8, 4) is 0 Å². The van der Waals surface area contributed by atoms with Crippen molar-refractivity contribution in [1.29, 1.82) is 0 Å². The Hall–Kier alpha value is -2.39. The second kappa shape index (κ2) is 7.66. The van der Waals surface area contributed by atoms with Gasteiger partial charge in [-0.15, -0.1) is 10.2 Å². The number of nitrogens with zero attached hydrogens (tertiary/aromatic N) is 4. The van der Waals surface area contributed by atoms with Gasteiger partial charge in [-0.1, -0.05) is 11.3 Å². The van der Waals surface area contributed by atoms with Crippen LogP contribution >= 0.6 is 23.1 Å². The quantitative estimate of drug-likeness (QED) is 0.716. The van der Waals surface area contributed by atoms with Crippen LogP contribution in [0.5, 0.6) is 0 Å². The highest BCUT2D eigenvalue weighted by molar-refractivity contribution is 7.99. The van der Waals surface area contributed by atoms with Crippen molar-refractivity contribution in [3.63, 3.8) is 0 Å². The fourth-order valence-corrected chi connectivity index (χ4v) is 3.71. The van der Waals surface area contributed by atoms with E-state index in [0.29, 0.717) is 6.54 Å². The molecule has 0 aliphatic rings. The molecule has 3 aromatic rings. The van der Waals surface area contributed by atoms with Gasteiger partial charge in [-0.3, -0.25) is 9.59 Å². The van der Waals surface area contributed by atoms with E-state index in [2.05, 4.69) is 15.5 Å². The van der Waals surface area contributed by atoms with Crippen LogP contribution in [0.2, 0.25) is 0 Å². The van der Waals surface area contributed by atoms with Gasteiger partial charge in [0.05, 0.1) is 0 Å². The molecule has 0 spiro atoms. The minimum atomic E-state index is -0.119. The average molecular weight is 375 g/mol. The lowest BCUT2D eigenvalue weighted by Crippen LogP contribution is -2.20. The molecule has 7 nitrogen and oxygen atoms in total. The molecule has 0 saturated heterocycles. The Morgan fingerprint density at radius 3 is 2.68 bits per heavy atom. The second-order valence-corrected chi connectivity index (χ2v) is 7.30.